The van der Waals surface area contributed by atoms with E-state index in [9.17, 15) is 8.42 Å². The van der Waals surface area contributed by atoms with Gasteiger partial charge in [0.05, 0.1) is 16.5 Å². The molecule has 1 saturated heterocycles. The average Bonchev–Trinajstić information content (AvgIpc) is 3.19. The fourth-order valence-electron chi connectivity index (χ4n) is 3.47. The number of benzene rings is 1. The summed E-state index contributed by atoms with van der Waals surface area (Å²) in [6.07, 6.45) is 3.21. The lowest BCUT2D eigenvalue weighted by Gasteiger charge is -2.20. The van der Waals surface area contributed by atoms with Crippen LogP contribution in [0.3, 0.4) is 0 Å². The predicted octanol–water partition coefficient (Wildman–Crippen LogP) is 3.10. The van der Waals surface area contributed by atoms with E-state index in [-0.39, 0.29) is 41.5 Å². The highest BCUT2D eigenvalue weighted by Crippen LogP contribution is 2.25. The highest BCUT2D eigenvalue weighted by atomic mass is 127. The number of hydrogen-bond acceptors (Lipinski definition) is 5. The average molecular weight is 578 g/mol. The van der Waals surface area contributed by atoms with Crippen LogP contribution in [-0.4, -0.2) is 57.8 Å². The van der Waals surface area contributed by atoms with Gasteiger partial charge in [-0.2, -0.15) is 0 Å². The van der Waals surface area contributed by atoms with E-state index in [0.29, 0.717) is 23.9 Å². The van der Waals surface area contributed by atoms with E-state index in [1.165, 1.54) is 0 Å². The standard InChI is InChI=1S/C21H28ClN5O2S.HI/c1-23-21(25-12-6-14-30(28,29)16-17-7-3-2-4-8-17)26-18-10-13-27(15-18)20-19(22)9-5-11-24-20;/h2-5,7-9,11,18H,6,10,12-16H2,1H3,(H2,23,25,26);1H. The molecule has 1 fully saturated rings. The minimum atomic E-state index is -3.13. The van der Waals surface area contributed by atoms with Crippen LogP contribution in [0.15, 0.2) is 53.7 Å². The monoisotopic (exact) mass is 577 g/mol. The van der Waals surface area contributed by atoms with Crippen LogP contribution >= 0.6 is 35.6 Å². The first-order chi connectivity index (χ1) is 14.5. The normalized spacial score (nSPS) is 16.6. The quantitative estimate of drug-likeness (QED) is 0.217. The topological polar surface area (TPSA) is 86.7 Å². The van der Waals surface area contributed by atoms with Gasteiger partial charge >= 0.3 is 0 Å². The zero-order chi connectivity index (χ0) is 21.4. The molecular weight excluding hydrogens is 549 g/mol. The van der Waals surface area contributed by atoms with Crippen LogP contribution in [0.4, 0.5) is 5.82 Å². The second-order valence-corrected chi connectivity index (χ2v) is 9.91. The summed E-state index contributed by atoms with van der Waals surface area (Å²) in [7, 11) is -1.42. The lowest BCUT2D eigenvalue weighted by molar-refractivity contribution is 0.591. The van der Waals surface area contributed by atoms with Crippen molar-refractivity contribution in [2.45, 2.75) is 24.6 Å². The molecule has 2 aromatic rings. The summed E-state index contributed by atoms with van der Waals surface area (Å²) in [5.41, 5.74) is 0.821. The third kappa shape index (κ3) is 8.12. The number of aliphatic imine (C=N–C) groups is 1. The lowest BCUT2D eigenvalue weighted by Crippen LogP contribution is -2.45. The van der Waals surface area contributed by atoms with Crippen molar-refractivity contribution in [1.29, 1.82) is 0 Å². The number of sulfone groups is 1. The molecule has 0 radical (unpaired) electrons. The van der Waals surface area contributed by atoms with Gasteiger partial charge in [0.15, 0.2) is 15.8 Å². The molecule has 1 aromatic carbocycles. The molecule has 1 aliphatic heterocycles. The smallest absolute Gasteiger partial charge is 0.191 e. The van der Waals surface area contributed by atoms with Crippen molar-refractivity contribution >= 4 is 57.2 Å². The van der Waals surface area contributed by atoms with E-state index < -0.39 is 9.84 Å². The van der Waals surface area contributed by atoms with Crippen LogP contribution in [0, 0.1) is 0 Å². The molecule has 0 spiro atoms. The molecule has 2 heterocycles. The van der Waals surface area contributed by atoms with Gasteiger partial charge in [-0.05, 0) is 30.5 Å². The van der Waals surface area contributed by atoms with Gasteiger partial charge in [0.2, 0.25) is 0 Å². The minimum Gasteiger partial charge on any atom is -0.356 e. The molecule has 0 bridgehead atoms. The van der Waals surface area contributed by atoms with Gasteiger partial charge in [-0.15, -0.1) is 24.0 Å². The first-order valence-corrected chi connectivity index (χ1v) is 12.2. The maximum absolute atomic E-state index is 12.3. The molecule has 1 aromatic heterocycles. The molecule has 0 saturated carbocycles. The summed E-state index contributed by atoms with van der Waals surface area (Å²) < 4.78 is 24.6. The Balaban J connectivity index is 0.00000341. The molecule has 2 N–H and O–H groups in total. The Morgan fingerprint density at radius 1 is 1.26 bits per heavy atom. The van der Waals surface area contributed by atoms with Crippen molar-refractivity contribution in [2.75, 3.05) is 37.3 Å². The third-order valence-electron chi connectivity index (χ3n) is 4.95. The molecule has 31 heavy (non-hydrogen) atoms. The Morgan fingerprint density at radius 3 is 2.74 bits per heavy atom. The first-order valence-electron chi connectivity index (χ1n) is 10.0. The van der Waals surface area contributed by atoms with E-state index in [2.05, 4.69) is 25.5 Å². The van der Waals surface area contributed by atoms with E-state index in [1.807, 2.05) is 42.5 Å². The highest BCUT2D eigenvalue weighted by Gasteiger charge is 2.25. The molecule has 10 heteroatoms. The number of nitrogens with one attached hydrogen (secondary N) is 2. The fraction of sp³-hybridized carbons (Fsp3) is 0.429. The summed E-state index contributed by atoms with van der Waals surface area (Å²) in [4.78, 5) is 10.8. The summed E-state index contributed by atoms with van der Waals surface area (Å²) in [6.45, 7) is 2.18. The maximum Gasteiger partial charge on any atom is 0.191 e. The number of rotatable bonds is 8. The molecular formula is C21H29ClIN5O2S. The van der Waals surface area contributed by atoms with Crippen LogP contribution in [0.2, 0.25) is 5.02 Å². The number of hydrogen-bond donors (Lipinski definition) is 2. The zero-order valence-electron chi connectivity index (χ0n) is 17.5. The Kier molecular flexibility index (Phi) is 10.3. The number of nitrogens with zero attached hydrogens (tertiary/aromatic N) is 3. The molecule has 1 aliphatic rings. The minimum absolute atomic E-state index is 0. The predicted molar refractivity (Wildman–Crippen MR) is 138 cm³/mol. The zero-order valence-corrected chi connectivity index (χ0v) is 21.4. The SMILES string of the molecule is CN=C(NCCCS(=O)(=O)Cc1ccccc1)NC1CCN(c2ncccc2Cl)C1.I. The van der Waals surface area contributed by atoms with Crippen LogP contribution in [-0.2, 0) is 15.6 Å². The Bertz CT molecular complexity index is 959. The summed E-state index contributed by atoms with van der Waals surface area (Å²) in [5, 5.41) is 7.26. The van der Waals surface area contributed by atoms with Gasteiger partial charge in [-0.1, -0.05) is 41.9 Å². The van der Waals surface area contributed by atoms with E-state index in [1.54, 1.807) is 13.2 Å². The molecule has 0 aliphatic carbocycles. The van der Waals surface area contributed by atoms with Gasteiger partial charge < -0.3 is 15.5 Å². The Morgan fingerprint density at radius 2 is 2.03 bits per heavy atom. The van der Waals surface area contributed by atoms with Crippen LogP contribution in [0.25, 0.3) is 0 Å². The van der Waals surface area contributed by atoms with Crippen LogP contribution < -0.4 is 15.5 Å². The highest BCUT2D eigenvalue weighted by molar-refractivity contribution is 14.0. The fourth-order valence-corrected chi connectivity index (χ4v) is 5.14. The second-order valence-electron chi connectivity index (χ2n) is 7.31. The van der Waals surface area contributed by atoms with Gasteiger partial charge in [-0.25, -0.2) is 13.4 Å². The Labute approximate surface area is 206 Å². The largest absolute Gasteiger partial charge is 0.356 e. The van der Waals surface area contributed by atoms with Gasteiger partial charge in [0.1, 0.15) is 5.82 Å². The number of halogens is 2. The number of anilines is 1. The molecule has 0 amide bonds. The molecule has 3 rings (SSSR count). The molecule has 170 valence electrons. The van der Waals surface area contributed by atoms with Crippen molar-refractivity contribution in [1.82, 2.24) is 15.6 Å². The summed E-state index contributed by atoms with van der Waals surface area (Å²) in [6, 6.07) is 13.2. The van der Waals surface area contributed by atoms with E-state index in [4.69, 9.17) is 11.6 Å². The second kappa shape index (κ2) is 12.4. The van der Waals surface area contributed by atoms with Gasteiger partial charge in [0.25, 0.3) is 0 Å². The number of pyridine rings is 1. The maximum atomic E-state index is 12.3. The lowest BCUT2D eigenvalue weighted by atomic mass is 10.2. The molecule has 1 unspecified atom stereocenters. The molecule has 7 nitrogen and oxygen atoms in total. The van der Waals surface area contributed by atoms with Crippen LogP contribution in [0.1, 0.15) is 18.4 Å². The van der Waals surface area contributed by atoms with Gasteiger partial charge in [0, 0.05) is 38.9 Å². The van der Waals surface area contributed by atoms with Gasteiger partial charge in [-0.3, -0.25) is 4.99 Å². The van der Waals surface area contributed by atoms with Crippen molar-refractivity contribution in [2.24, 2.45) is 4.99 Å². The third-order valence-corrected chi connectivity index (χ3v) is 6.92. The summed E-state index contributed by atoms with van der Waals surface area (Å²) >= 11 is 6.25. The Hall–Kier alpha value is -1.59. The molecule has 1 atom stereocenters. The van der Waals surface area contributed by atoms with Crippen molar-refractivity contribution in [3.63, 3.8) is 0 Å². The van der Waals surface area contributed by atoms with Crippen molar-refractivity contribution < 1.29 is 8.42 Å². The van der Waals surface area contributed by atoms with Crippen molar-refractivity contribution in [3.05, 3.63) is 59.2 Å². The van der Waals surface area contributed by atoms with Crippen molar-refractivity contribution in [3.8, 4) is 0 Å². The van der Waals surface area contributed by atoms with E-state index >= 15 is 0 Å². The van der Waals surface area contributed by atoms with E-state index in [0.717, 1.165) is 30.9 Å². The number of guanidine groups is 1. The number of aromatic nitrogens is 1. The summed E-state index contributed by atoms with van der Waals surface area (Å²) in [5.74, 6) is 1.69. The first kappa shape index (κ1) is 25.7. The van der Waals surface area contributed by atoms with Crippen LogP contribution in [0.5, 0.6) is 0 Å².